The lowest BCUT2D eigenvalue weighted by Gasteiger charge is -2.07. The molecule has 2 aromatic rings. The average molecular weight is 316 g/mol. The van der Waals surface area contributed by atoms with Crippen LogP contribution in [-0.4, -0.2) is 10.8 Å². The first-order valence-electron chi connectivity index (χ1n) is 6.18. The number of rotatable bonds is 3. The average Bonchev–Trinajstić information content (AvgIpc) is 2.47. The summed E-state index contributed by atoms with van der Waals surface area (Å²) in [5, 5.41) is 22.5. The number of hydrogen-bond donors (Lipinski definition) is 1. The molecule has 6 nitrogen and oxygen atoms in total. The number of nitriles is 1. The fourth-order valence-electron chi connectivity index (χ4n) is 1.83. The molecule has 0 atom stereocenters. The monoisotopic (exact) mass is 315 g/mol. The van der Waals surface area contributed by atoms with Gasteiger partial charge in [0, 0.05) is 22.9 Å². The summed E-state index contributed by atoms with van der Waals surface area (Å²) in [6, 6.07) is 10.6. The number of nitro groups is 1. The van der Waals surface area contributed by atoms with Gasteiger partial charge in [-0.2, -0.15) is 5.26 Å². The lowest BCUT2D eigenvalue weighted by Crippen LogP contribution is -2.12. The lowest BCUT2D eigenvalue weighted by atomic mass is 10.1. The molecule has 0 aliphatic carbocycles. The molecule has 2 rings (SSSR count). The number of amides is 1. The highest BCUT2D eigenvalue weighted by atomic mass is 35.5. The highest BCUT2D eigenvalue weighted by Crippen LogP contribution is 2.22. The number of carbonyl (C=O) groups is 1. The Kier molecular flexibility index (Phi) is 4.39. The molecule has 0 unspecified atom stereocenters. The third-order valence-electron chi connectivity index (χ3n) is 3.02. The van der Waals surface area contributed by atoms with E-state index in [9.17, 15) is 14.9 Å². The van der Waals surface area contributed by atoms with Crippen LogP contribution in [0.25, 0.3) is 0 Å². The summed E-state index contributed by atoms with van der Waals surface area (Å²) in [5.41, 5.74) is 1.22. The predicted molar refractivity (Wildman–Crippen MR) is 82.0 cm³/mol. The standard InChI is InChI=1S/C15H10ClN3O3/c1-9-2-3-10(6-14(9)19(21)22)15(20)18-12-5-4-11(8-17)13(16)7-12/h2-7H,1H3,(H,18,20). The largest absolute Gasteiger partial charge is 0.322 e. The molecule has 0 fully saturated rings. The molecule has 7 heteroatoms. The van der Waals surface area contributed by atoms with Crippen LogP contribution in [0.1, 0.15) is 21.5 Å². The number of anilines is 1. The molecule has 0 aliphatic rings. The second kappa shape index (κ2) is 6.24. The summed E-state index contributed by atoms with van der Waals surface area (Å²) in [6.07, 6.45) is 0. The normalized spacial score (nSPS) is 9.86. The maximum atomic E-state index is 12.1. The van der Waals surface area contributed by atoms with Crippen LogP contribution < -0.4 is 5.32 Å². The van der Waals surface area contributed by atoms with E-state index in [4.69, 9.17) is 16.9 Å². The molecule has 0 aliphatic heterocycles. The van der Waals surface area contributed by atoms with Crippen molar-refractivity contribution in [1.29, 1.82) is 5.26 Å². The molecule has 0 aromatic heterocycles. The number of nitrogens with one attached hydrogen (secondary N) is 1. The van der Waals surface area contributed by atoms with Crippen LogP contribution in [0.15, 0.2) is 36.4 Å². The van der Waals surface area contributed by atoms with Gasteiger partial charge >= 0.3 is 0 Å². The number of halogens is 1. The summed E-state index contributed by atoms with van der Waals surface area (Å²) in [6.45, 7) is 1.60. The van der Waals surface area contributed by atoms with Crippen LogP contribution in [0.3, 0.4) is 0 Å². The second-order valence-electron chi connectivity index (χ2n) is 4.52. The van der Waals surface area contributed by atoms with E-state index in [1.807, 2.05) is 6.07 Å². The van der Waals surface area contributed by atoms with E-state index in [0.29, 0.717) is 16.8 Å². The van der Waals surface area contributed by atoms with Gasteiger partial charge in [-0.25, -0.2) is 0 Å². The third-order valence-corrected chi connectivity index (χ3v) is 3.33. The van der Waals surface area contributed by atoms with Crippen molar-refractivity contribution >= 4 is 28.9 Å². The zero-order valence-electron chi connectivity index (χ0n) is 11.5. The molecule has 22 heavy (non-hydrogen) atoms. The van der Waals surface area contributed by atoms with Crippen molar-refractivity contribution in [1.82, 2.24) is 0 Å². The zero-order chi connectivity index (χ0) is 16.3. The van der Waals surface area contributed by atoms with Gasteiger partial charge in [-0.3, -0.25) is 14.9 Å². The summed E-state index contributed by atoms with van der Waals surface area (Å²) < 4.78 is 0. The topological polar surface area (TPSA) is 96.0 Å². The van der Waals surface area contributed by atoms with E-state index in [-0.39, 0.29) is 16.3 Å². The molecule has 1 amide bonds. The fourth-order valence-corrected chi connectivity index (χ4v) is 2.06. The quantitative estimate of drug-likeness (QED) is 0.690. The Morgan fingerprint density at radius 3 is 2.64 bits per heavy atom. The van der Waals surface area contributed by atoms with Gasteiger partial charge < -0.3 is 5.32 Å². The van der Waals surface area contributed by atoms with Crippen LogP contribution >= 0.6 is 11.6 Å². The van der Waals surface area contributed by atoms with Crippen LogP contribution in [0.2, 0.25) is 5.02 Å². The van der Waals surface area contributed by atoms with Crippen LogP contribution in [-0.2, 0) is 0 Å². The van der Waals surface area contributed by atoms with Gasteiger partial charge in [0.1, 0.15) is 6.07 Å². The maximum Gasteiger partial charge on any atom is 0.273 e. The minimum atomic E-state index is -0.537. The van der Waals surface area contributed by atoms with Crippen LogP contribution in [0.5, 0.6) is 0 Å². The Morgan fingerprint density at radius 2 is 2.05 bits per heavy atom. The minimum Gasteiger partial charge on any atom is -0.322 e. The molecule has 0 bridgehead atoms. The Balaban J connectivity index is 2.26. The molecule has 0 saturated carbocycles. The number of aryl methyl sites for hydroxylation is 1. The summed E-state index contributed by atoms with van der Waals surface area (Å²) in [4.78, 5) is 22.5. The van der Waals surface area contributed by atoms with Crippen molar-refractivity contribution in [3.8, 4) is 6.07 Å². The lowest BCUT2D eigenvalue weighted by molar-refractivity contribution is -0.385. The van der Waals surface area contributed by atoms with Gasteiger partial charge in [0.25, 0.3) is 11.6 Å². The SMILES string of the molecule is Cc1ccc(C(=O)Nc2ccc(C#N)c(Cl)c2)cc1[N+](=O)[O-]. The van der Waals surface area contributed by atoms with E-state index < -0.39 is 10.8 Å². The van der Waals surface area contributed by atoms with Gasteiger partial charge in [0.05, 0.1) is 15.5 Å². The fraction of sp³-hybridized carbons (Fsp3) is 0.0667. The summed E-state index contributed by atoms with van der Waals surface area (Å²) >= 11 is 5.88. The van der Waals surface area contributed by atoms with Crippen LogP contribution in [0, 0.1) is 28.4 Å². The van der Waals surface area contributed by atoms with Gasteiger partial charge in [0.15, 0.2) is 0 Å². The summed E-state index contributed by atoms with van der Waals surface area (Å²) in [5.74, 6) is -0.496. The van der Waals surface area contributed by atoms with Crippen molar-refractivity contribution in [2.75, 3.05) is 5.32 Å². The molecule has 0 heterocycles. The van der Waals surface area contributed by atoms with Crippen molar-refractivity contribution in [3.63, 3.8) is 0 Å². The first-order valence-corrected chi connectivity index (χ1v) is 6.56. The Morgan fingerprint density at radius 1 is 1.32 bits per heavy atom. The molecule has 1 N–H and O–H groups in total. The van der Waals surface area contributed by atoms with Crippen LogP contribution in [0.4, 0.5) is 11.4 Å². The zero-order valence-corrected chi connectivity index (χ0v) is 12.2. The van der Waals surface area contributed by atoms with E-state index in [1.54, 1.807) is 6.92 Å². The van der Waals surface area contributed by atoms with E-state index in [2.05, 4.69) is 5.32 Å². The Bertz CT molecular complexity index is 812. The number of benzene rings is 2. The van der Waals surface area contributed by atoms with Gasteiger partial charge in [-0.15, -0.1) is 0 Å². The second-order valence-corrected chi connectivity index (χ2v) is 4.93. The smallest absolute Gasteiger partial charge is 0.273 e. The number of carbonyl (C=O) groups excluding carboxylic acids is 1. The molecular weight excluding hydrogens is 306 g/mol. The van der Waals surface area contributed by atoms with Gasteiger partial charge in [-0.1, -0.05) is 17.7 Å². The number of hydrogen-bond acceptors (Lipinski definition) is 4. The predicted octanol–water partition coefficient (Wildman–Crippen LogP) is 3.68. The molecule has 0 radical (unpaired) electrons. The summed E-state index contributed by atoms with van der Waals surface area (Å²) in [7, 11) is 0. The Labute approximate surface area is 131 Å². The minimum absolute atomic E-state index is 0.120. The van der Waals surface area contributed by atoms with Gasteiger partial charge in [0.2, 0.25) is 0 Å². The molecular formula is C15H10ClN3O3. The molecule has 110 valence electrons. The van der Waals surface area contributed by atoms with E-state index in [0.717, 1.165) is 0 Å². The van der Waals surface area contributed by atoms with E-state index >= 15 is 0 Å². The molecule has 0 saturated heterocycles. The maximum absolute atomic E-state index is 12.1. The first kappa shape index (κ1) is 15.5. The van der Waals surface area contributed by atoms with Gasteiger partial charge in [-0.05, 0) is 31.2 Å². The van der Waals surface area contributed by atoms with Crippen molar-refractivity contribution in [2.24, 2.45) is 0 Å². The number of nitrogens with zero attached hydrogens (tertiary/aromatic N) is 2. The van der Waals surface area contributed by atoms with E-state index in [1.165, 1.54) is 36.4 Å². The number of nitro benzene ring substituents is 1. The Hall–Kier alpha value is -2.91. The van der Waals surface area contributed by atoms with Crippen molar-refractivity contribution in [2.45, 2.75) is 6.92 Å². The highest BCUT2D eigenvalue weighted by molar-refractivity contribution is 6.32. The molecule has 2 aromatic carbocycles. The highest BCUT2D eigenvalue weighted by Gasteiger charge is 2.15. The third kappa shape index (κ3) is 3.22. The van der Waals surface area contributed by atoms with Crippen molar-refractivity contribution in [3.05, 3.63) is 68.2 Å². The molecule has 0 spiro atoms. The van der Waals surface area contributed by atoms with Crippen molar-refractivity contribution < 1.29 is 9.72 Å². The first-order chi connectivity index (χ1) is 10.4.